The summed E-state index contributed by atoms with van der Waals surface area (Å²) in [5.74, 6) is -2.30. The number of carbonyl (C=O) groups is 1. The zero-order valence-corrected chi connectivity index (χ0v) is 13.4. The second kappa shape index (κ2) is 6.41. The summed E-state index contributed by atoms with van der Waals surface area (Å²) in [5, 5.41) is 20.6. The Kier molecular flexibility index (Phi) is 4.41. The third kappa shape index (κ3) is 3.38. The number of fused-ring (bicyclic) bond motifs is 1. The van der Waals surface area contributed by atoms with E-state index in [0.29, 0.717) is 4.73 Å². The Hall–Kier alpha value is -2.94. The van der Waals surface area contributed by atoms with Crippen LogP contribution in [0.25, 0.3) is 6.08 Å². The number of nitrogens with zero attached hydrogens (tertiary/aromatic N) is 1. The fourth-order valence-electron chi connectivity index (χ4n) is 2.30. The smallest absolute Gasteiger partial charge is 0.430 e. The van der Waals surface area contributed by atoms with Crippen LogP contribution in [0.1, 0.15) is 5.56 Å². The van der Waals surface area contributed by atoms with Gasteiger partial charge < -0.3 is 19.8 Å². The lowest BCUT2D eigenvalue weighted by Gasteiger charge is -2.27. The molecular formula is C16H9ClF3NO5. The van der Waals surface area contributed by atoms with Crippen LogP contribution in [0.15, 0.2) is 42.1 Å². The van der Waals surface area contributed by atoms with E-state index in [0.717, 1.165) is 12.1 Å². The summed E-state index contributed by atoms with van der Waals surface area (Å²) in [5.41, 5.74) is -0.918. The highest BCUT2D eigenvalue weighted by Crippen LogP contribution is 2.42. The van der Waals surface area contributed by atoms with Crippen molar-refractivity contribution in [3.8, 4) is 17.4 Å². The molecule has 1 aliphatic rings. The highest BCUT2D eigenvalue weighted by molar-refractivity contribution is 6.32. The number of benzene rings is 1. The van der Waals surface area contributed by atoms with Crippen LogP contribution in [-0.2, 0) is 4.79 Å². The molecule has 3 rings (SSSR count). The Balaban J connectivity index is 2.03. The number of aliphatic carboxylic acids is 1. The molecule has 2 aromatic rings. The topological polar surface area (TPSA) is 82.7 Å². The van der Waals surface area contributed by atoms with Gasteiger partial charge in [0.05, 0.1) is 16.7 Å². The largest absolute Gasteiger partial charge is 0.616 e. The van der Waals surface area contributed by atoms with Crippen LogP contribution in [-0.4, -0.2) is 23.4 Å². The molecule has 6 nitrogen and oxygen atoms in total. The first-order valence-electron chi connectivity index (χ1n) is 7.04. The van der Waals surface area contributed by atoms with Crippen molar-refractivity contribution in [1.29, 1.82) is 0 Å². The normalized spacial score (nSPS) is 16.3. The second-order valence-electron chi connectivity index (χ2n) is 5.23. The number of hydrogen-bond acceptors (Lipinski definition) is 4. The molecule has 1 unspecified atom stereocenters. The number of ether oxygens (including phenoxy) is 2. The molecule has 0 bridgehead atoms. The van der Waals surface area contributed by atoms with Crippen LogP contribution in [0, 0.1) is 5.21 Å². The van der Waals surface area contributed by atoms with Crippen molar-refractivity contribution in [2.24, 2.45) is 0 Å². The van der Waals surface area contributed by atoms with Gasteiger partial charge in [-0.1, -0.05) is 11.6 Å². The molecule has 0 fully saturated rings. The van der Waals surface area contributed by atoms with Crippen LogP contribution in [0.5, 0.6) is 17.4 Å². The van der Waals surface area contributed by atoms with Crippen molar-refractivity contribution in [3.63, 3.8) is 0 Å². The van der Waals surface area contributed by atoms with E-state index in [1.54, 1.807) is 0 Å². The van der Waals surface area contributed by atoms with E-state index < -0.39 is 23.8 Å². The quantitative estimate of drug-likeness (QED) is 0.643. The number of alkyl halides is 3. The average molecular weight is 388 g/mol. The van der Waals surface area contributed by atoms with Crippen molar-refractivity contribution in [1.82, 2.24) is 0 Å². The number of hydrogen-bond donors (Lipinski definition) is 1. The van der Waals surface area contributed by atoms with Gasteiger partial charge in [0.25, 0.3) is 0 Å². The van der Waals surface area contributed by atoms with Crippen LogP contribution in [0.4, 0.5) is 13.2 Å². The summed E-state index contributed by atoms with van der Waals surface area (Å²) < 4.78 is 49.8. The van der Waals surface area contributed by atoms with E-state index in [2.05, 4.69) is 0 Å². The Bertz CT molecular complexity index is 913. The fourth-order valence-corrected chi connectivity index (χ4v) is 2.51. The molecule has 0 spiro atoms. The van der Waals surface area contributed by atoms with E-state index >= 15 is 0 Å². The number of rotatable bonds is 3. The molecule has 0 aliphatic carbocycles. The van der Waals surface area contributed by atoms with E-state index in [1.807, 2.05) is 0 Å². The third-order valence-corrected chi connectivity index (χ3v) is 3.75. The summed E-state index contributed by atoms with van der Waals surface area (Å²) in [6.45, 7) is 0. The van der Waals surface area contributed by atoms with Crippen LogP contribution >= 0.6 is 11.6 Å². The minimum Gasteiger partial charge on any atom is -0.616 e. The molecule has 0 radical (unpaired) electrons. The lowest BCUT2D eigenvalue weighted by molar-refractivity contribution is -0.611. The number of pyridine rings is 1. The molecule has 1 aromatic heterocycles. The van der Waals surface area contributed by atoms with Crippen molar-refractivity contribution in [3.05, 3.63) is 57.9 Å². The van der Waals surface area contributed by atoms with Gasteiger partial charge in [0.2, 0.25) is 6.10 Å². The molecule has 1 atom stereocenters. The molecule has 2 heterocycles. The zero-order chi connectivity index (χ0) is 19.1. The summed E-state index contributed by atoms with van der Waals surface area (Å²) in [6, 6.07) is 6.58. The monoisotopic (exact) mass is 387 g/mol. The number of carboxylic acids is 1. The van der Waals surface area contributed by atoms with Gasteiger partial charge in [0.15, 0.2) is 11.9 Å². The number of halogens is 4. The van der Waals surface area contributed by atoms with Gasteiger partial charge >= 0.3 is 18.0 Å². The van der Waals surface area contributed by atoms with Gasteiger partial charge in [-0.25, -0.2) is 4.79 Å². The predicted octanol–water partition coefficient (Wildman–Crippen LogP) is 3.56. The Labute approximate surface area is 149 Å². The molecule has 10 heteroatoms. The van der Waals surface area contributed by atoms with Crippen LogP contribution < -0.4 is 14.2 Å². The molecular weight excluding hydrogens is 379 g/mol. The molecule has 136 valence electrons. The summed E-state index contributed by atoms with van der Waals surface area (Å²) in [4.78, 5) is 11.1. The Morgan fingerprint density at radius 3 is 2.69 bits per heavy atom. The average Bonchev–Trinajstić information content (AvgIpc) is 2.55. The molecule has 1 aliphatic heterocycles. The van der Waals surface area contributed by atoms with Gasteiger partial charge in [-0.3, -0.25) is 0 Å². The molecule has 26 heavy (non-hydrogen) atoms. The molecule has 1 N–H and O–H groups in total. The lowest BCUT2D eigenvalue weighted by Crippen LogP contribution is -2.40. The maximum Gasteiger partial charge on any atom is 0.430 e. The van der Waals surface area contributed by atoms with Gasteiger partial charge in [-0.15, -0.1) is 4.73 Å². The molecule has 1 aromatic carbocycles. The Morgan fingerprint density at radius 2 is 2.08 bits per heavy atom. The molecule has 0 saturated heterocycles. The minimum atomic E-state index is -4.93. The van der Waals surface area contributed by atoms with Crippen molar-refractivity contribution in [2.45, 2.75) is 12.3 Å². The highest BCUT2D eigenvalue weighted by Gasteiger charge is 2.48. The van der Waals surface area contributed by atoms with E-state index in [9.17, 15) is 23.2 Å². The van der Waals surface area contributed by atoms with Crippen molar-refractivity contribution in [2.75, 3.05) is 0 Å². The van der Waals surface area contributed by atoms with E-state index in [1.165, 1.54) is 30.5 Å². The maximum atomic E-state index is 13.1. The minimum absolute atomic E-state index is 0.0392. The number of aromatic nitrogens is 1. The van der Waals surface area contributed by atoms with Gasteiger partial charge in [-0.05, 0) is 18.2 Å². The van der Waals surface area contributed by atoms with Crippen LogP contribution in [0.2, 0.25) is 5.02 Å². The van der Waals surface area contributed by atoms with Gasteiger partial charge in [0.1, 0.15) is 5.75 Å². The first kappa shape index (κ1) is 17.9. The summed E-state index contributed by atoms with van der Waals surface area (Å²) in [7, 11) is 0. The zero-order valence-electron chi connectivity index (χ0n) is 12.7. The third-order valence-electron chi connectivity index (χ3n) is 3.45. The van der Waals surface area contributed by atoms with Crippen molar-refractivity contribution >= 4 is 23.6 Å². The maximum absolute atomic E-state index is 13.1. The SMILES string of the molecule is O=C(O)C1=Cc2cc(Cl)c(Oc3cccc[n+]3[O-])cc2OC1C(F)(F)F. The second-order valence-corrected chi connectivity index (χ2v) is 5.64. The van der Waals surface area contributed by atoms with Gasteiger partial charge in [0, 0.05) is 17.7 Å². The summed E-state index contributed by atoms with van der Waals surface area (Å²) >= 11 is 6.03. The standard InChI is InChI=1S/C16H9ClF3NO5/c17-10-6-8-5-9(15(22)23)14(16(18,19)20)26-11(8)7-12(10)25-13-3-1-2-4-21(13)24/h1-7,14H,(H,22,23). The highest BCUT2D eigenvalue weighted by atomic mass is 35.5. The van der Waals surface area contributed by atoms with E-state index in [4.69, 9.17) is 26.2 Å². The van der Waals surface area contributed by atoms with Crippen molar-refractivity contribution < 1.29 is 37.3 Å². The predicted molar refractivity (Wildman–Crippen MR) is 83.0 cm³/mol. The summed E-state index contributed by atoms with van der Waals surface area (Å²) in [6.07, 6.45) is -5.56. The fraction of sp³-hybridized carbons (Fsp3) is 0.125. The number of carboxylic acid groups (broad SMARTS) is 1. The lowest BCUT2D eigenvalue weighted by atomic mass is 10.0. The van der Waals surface area contributed by atoms with Crippen LogP contribution in [0.3, 0.4) is 0 Å². The van der Waals surface area contributed by atoms with Gasteiger partial charge in [-0.2, -0.15) is 13.2 Å². The molecule has 0 amide bonds. The molecule has 0 saturated carbocycles. The Morgan fingerprint density at radius 1 is 1.35 bits per heavy atom. The first-order valence-corrected chi connectivity index (χ1v) is 7.42. The first-order chi connectivity index (χ1) is 12.2. The van der Waals surface area contributed by atoms with E-state index in [-0.39, 0.29) is 28.0 Å².